The largest absolute Gasteiger partial charge is 1.00 e. The van der Waals surface area contributed by atoms with Crippen molar-refractivity contribution in [2.75, 3.05) is 0 Å². The summed E-state index contributed by atoms with van der Waals surface area (Å²) in [6, 6.07) is 0. The van der Waals surface area contributed by atoms with Crippen LogP contribution in [0.4, 0.5) is 0 Å². The van der Waals surface area contributed by atoms with Crippen molar-refractivity contribution in [2.24, 2.45) is 0 Å². The molecule has 0 aromatic carbocycles. The van der Waals surface area contributed by atoms with Crippen LogP contribution in [0.3, 0.4) is 0 Å². The first-order valence-corrected chi connectivity index (χ1v) is 13.5. The number of hydrogen-bond acceptors (Lipinski definition) is 4. The topological polar surface area (TPSA) is 77.4 Å². The molecule has 0 aliphatic rings. The van der Waals surface area contributed by atoms with Crippen molar-refractivity contribution in [2.45, 2.75) is 147 Å². The van der Waals surface area contributed by atoms with Gasteiger partial charge in [0.05, 0.1) is 16.2 Å². The molecule has 29 heavy (non-hydrogen) atoms. The third-order valence-electron chi connectivity index (χ3n) is 5.69. The molecule has 0 aliphatic carbocycles. The van der Waals surface area contributed by atoms with Gasteiger partial charge in [-0.05, 0) is 26.2 Å². The molecule has 1 N–H and O–H groups in total. The SMILES string of the molecule is CCCCCCC(CCCCCCCCCCCCCCC(C)O)S(=O)(=O)[O-].[K+]. The van der Waals surface area contributed by atoms with E-state index in [1.165, 1.54) is 51.4 Å². The molecule has 2 atom stereocenters. The van der Waals surface area contributed by atoms with Crippen LogP contribution in [0.2, 0.25) is 0 Å². The maximum Gasteiger partial charge on any atom is 1.00 e. The van der Waals surface area contributed by atoms with Gasteiger partial charge < -0.3 is 9.66 Å². The minimum Gasteiger partial charge on any atom is -0.748 e. The molecule has 170 valence electrons. The first-order valence-electron chi connectivity index (χ1n) is 12.0. The van der Waals surface area contributed by atoms with Gasteiger partial charge in [0.1, 0.15) is 0 Å². The molecule has 0 heterocycles. The second kappa shape index (κ2) is 22.7. The maximum absolute atomic E-state index is 11.4. The van der Waals surface area contributed by atoms with Gasteiger partial charge in [-0.15, -0.1) is 0 Å². The molecule has 0 fully saturated rings. The zero-order chi connectivity index (χ0) is 21.1. The first kappa shape index (κ1) is 32.7. The van der Waals surface area contributed by atoms with Crippen LogP contribution in [0.1, 0.15) is 136 Å². The minimum atomic E-state index is -4.14. The molecule has 0 saturated carbocycles. The molecule has 0 spiro atoms. The summed E-state index contributed by atoms with van der Waals surface area (Å²) in [5, 5.41) is 8.54. The van der Waals surface area contributed by atoms with Crippen molar-refractivity contribution in [3.8, 4) is 0 Å². The van der Waals surface area contributed by atoms with Gasteiger partial charge in [-0.25, -0.2) is 8.42 Å². The van der Waals surface area contributed by atoms with Crippen molar-refractivity contribution < 1.29 is 69.5 Å². The van der Waals surface area contributed by atoms with Gasteiger partial charge in [0, 0.05) is 5.25 Å². The summed E-state index contributed by atoms with van der Waals surface area (Å²) in [6.07, 6.45) is 20.5. The predicted molar refractivity (Wildman–Crippen MR) is 119 cm³/mol. The van der Waals surface area contributed by atoms with Gasteiger partial charge in [-0.3, -0.25) is 0 Å². The molecule has 0 saturated heterocycles. The fourth-order valence-electron chi connectivity index (χ4n) is 3.81. The summed E-state index contributed by atoms with van der Waals surface area (Å²) >= 11 is 0. The molecule has 0 rings (SSSR count). The Kier molecular flexibility index (Phi) is 25.6. The molecular formula is C23H47KO4S. The molecule has 0 aromatic heterocycles. The smallest absolute Gasteiger partial charge is 0.748 e. The summed E-state index contributed by atoms with van der Waals surface area (Å²) in [5.41, 5.74) is 0. The Morgan fingerprint density at radius 2 is 0.966 bits per heavy atom. The van der Waals surface area contributed by atoms with Crippen LogP contribution in [0.15, 0.2) is 0 Å². The summed E-state index contributed by atoms with van der Waals surface area (Å²) in [5.74, 6) is 0. The van der Waals surface area contributed by atoms with Crippen LogP contribution in [0.5, 0.6) is 0 Å². The van der Waals surface area contributed by atoms with E-state index in [1.54, 1.807) is 0 Å². The average Bonchev–Trinajstić information content (AvgIpc) is 2.62. The standard InChI is InChI=1S/C23H48O4S.K/c1-3-4-5-17-20-23(28(25,26)27)21-18-15-13-11-9-7-6-8-10-12-14-16-19-22(2)24;/h22-24H,3-21H2,1-2H3,(H,25,26,27);/q;+1/p-1. The van der Waals surface area contributed by atoms with Crippen LogP contribution in [0.25, 0.3) is 0 Å². The minimum absolute atomic E-state index is 0. The zero-order valence-electron chi connectivity index (χ0n) is 19.7. The predicted octanol–water partition coefficient (Wildman–Crippen LogP) is 3.72. The third-order valence-corrected chi connectivity index (χ3v) is 6.97. The second-order valence-corrected chi connectivity index (χ2v) is 10.3. The zero-order valence-corrected chi connectivity index (χ0v) is 23.6. The fourth-order valence-corrected chi connectivity index (χ4v) is 4.72. The monoisotopic (exact) mass is 458 g/mol. The van der Waals surface area contributed by atoms with Crippen molar-refractivity contribution in [3.63, 3.8) is 0 Å². The van der Waals surface area contributed by atoms with Gasteiger partial charge >= 0.3 is 51.4 Å². The number of aliphatic hydroxyl groups excluding tert-OH is 1. The van der Waals surface area contributed by atoms with Crippen LogP contribution in [-0.2, 0) is 10.1 Å². The summed E-state index contributed by atoms with van der Waals surface area (Å²) in [4.78, 5) is 0. The van der Waals surface area contributed by atoms with E-state index in [0.29, 0.717) is 12.8 Å². The molecule has 0 aromatic rings. The van der Waals surface area contributed by atoms with Crippen molar-refractivity contribution in [1.29, 1.82) is 0 Å². The van der Waals surface area contributed by atoms with Crippen molar-refractivity contribution >= 4 is 10.1 Å². The van der Waals surface area contributed by atoms with Crippen LogP contribution < -0.4 is 51.4 Å². The van der Waals surface area contributed by atoms with Crippen LogP contribution in [-0.4, -0.2) is 29.4 Å². The number of aliphatic hydroxyl groups is 1. The Labute approximate surface area is 224 Å². The third kappa shape index (κ3) is 24.0. The molecular weight excluding hydrogens is 411 g/mol. The quantitative estimate of drug-likeness (QED) is 0.162. The molecule has 0 radical (unpaired) electrons. The van der Waals surface area contributed by atoms with Gasteiger partial charge in [-0.2, -0.15) is 0 Å². The van der Waals surface area contributed by atoms with Crippen molar-refractivity contribution in [1.82, 2.24) is 0 Å². The molecule has 0 bridgehead atoms. The Morgan fingerprint density at radius 1 is 0.655 bits per heavy atom. The van der Waals surface area contributed by atoms with Crippen molar-refractivity contribution in [3.05, 3.63) is 0 Å². The number of unbranched alkanes of at least 4 members (excludes halogenated alkanes) is 14. The molecule has 6 heteroatoms. The van der Waals surface area contributed by atoms with Gasteiger partial charge in [0.15, 0.2) is 0 Å². The van der Waals surface area contributed by atoms with Gasteiger partial charge in [-0.1, -0.05) is 110 Å². The second-order valence-electron chi connectivity index (χ2n) is 8.63. The van der Waals surface area contributed by atoms with E-state index in [0.717, 1.165) is 57.8 Å². The number of hydrogen-bond donors (Lipinski definition) is 1. The van der Waals surface area contributed by atoms with Crippen LogP contribution in [0, 0.1) is 0 Å². The Hall–Kier alpha value is 1.51. The summed E-state index contributed by atoms with van der Waals surface area (Å²) in [7, 11) is -4.14. The Bertz CT molecular complexity index is 427. The molecule has 2 unspecified atom stereocenters. The molecule has 0 aliphatic heterocycles. The summed E-state index contributed by atoms with van der Waals surface area (Å²) < 4.78 is 34.2. The molecule has 0 amide bonds. The Morgan fingerprint density at radius 3 is 1.28 bits per heavy atom. The van der Waals surface area contributed by atoms with E-state index >= 15 is 0 Å². The first-order chi connectivity index (χ1) is 13.4. The van der Waals surface area contributed by atoms with E-state index in [4.69, 9.17) is 0 Å². The average molecular weight is 459 g/mol. The maximum atomic E-state index is 11.4. The van der Waals surface area contributed by atoms with Crippen LogP contribution >= 0.6 is 0 Å². The number of rotatable bonds is 21. The molecule has 4 nitrogen and oxygen atoms in total. The van der Waals surface area contributed by atoms with E-state index in [2.05, 4.69) is 6.92 Å². The Balaban J connectivity index is 0. The fraction of sp³-hybridized carbons (Fsp3) is 1.00. The van der Waals surface area contributed by atoms with E-state index < -0.39 is 15.4 Å². The van der Waals surface area contributed by atoms with Gasteiger partial charge in [0.25, 0.3) is 0 Å². The summed E-state index contributed by atoms with van der Waals surface area (Å²) in [6.45, 7) is 3.99. The van der Waals surface area contributed by atoms with Gasteiger partial charge in [0.2, 0.25) is 0 Å². The van der Waals surface area contributed by atoms with E-state index in [1.807, 2.05) is 6.92 Å². The van der Waals surface area contributed by atoms with E-state index in [-0.39, 0.29) is 57.5 Å². The normalized spacial score (nSPS) is 13.8. The van der Waals surface area contributed by atoms with E-state index in [9.17, 15) is 18.1 Å².